The van der Waals surface area contributed by atoms with Crippen LogP contribution in [-0.2, 0) is 16.6 Å². The fourth-order valence-electron chi connectivity index (χ4n) is 1.58. The highest BCUT2D eigenvalue weighted by molar-refractivity contribution is 7.89. The quantitative estimate of drug-likeness (QED) is 0.824. The van der Waals surface area contributed by atoms with Gasteiger partial charge in [0.2, 0.25) is 10.0 Å². The van der Waals surface area contributed by atoms with Gasteiger partial charge in [-0.2, -0.15) is 0 Å². The van der Waals surface area contributed by atoms with Crippen molar-refractivity contribution in [3.05, 3.63) is 29.3 Å². The van der Waals surface area contributed by atoms with Gasteiger partial charge in [-0.15, -0.1) is 0 Å². The van der Waals surface area contributed by atoms with E-state index in [1.54, 1.807) is 18.2 Å². The van der Waals surface area contributed by atoms with Gasteiger partial charge in [0.25, 0.3) is 0 Å². The number of nitrogens with zero attached hydrogens (tertiary/aromatic N) is 1. The molecule has 0 heterocycles. The predicted octanol–water partition coefficient (Wildman–Crippen LogP) is 1.07. The van der Waals surface area contributed by atoms with E-state index < -0.39 is 10.0 Å². The van der Waals surface area contributed by atoms with E-state index in [-0.39, 0.29) is 10.4 Å². The van der Waals surface area contributed by atoms with Crippen molar-refractivity contribution in [2.24, 2.45) is 5.73 Å². The zero-order valence-electron chi connectivity index (χ0n) is 12.9. The van der Waals surface area contributed by atoms with E-state index in [0.29, 0.717) is 13.1 Å². The second kappa shape index (κ2) is 6.22. The van der Waals surface area contributed by atoms with Crippen molar-refractivity contribution in [2.75, 3.05) is 20.6 Å². The third-order valence-corrected chi connectivity index (χ3v) is 5.15. The van der Waals surface area contributed by atoms with Gasteiger partial charge in [-0.25, -0.2) is 13.1 Å². The molecular formula is C14H25N3O2S. The number of hydrogen-bond donors (Lipinski definition) is 2. The maximum absolute atomic E-state index is 12.3. The largest absolute Gasteiger partial charge is 0.326 e. The number of sulfonamides is 1. The lowest BCUT2D eigenvalue weighted by Gasteiger charge is -2.32. The van der Waals surface area contributed by atoms with Gasteiger partial charge in [-0.1, -0.05) is 6.07 Å². The zero-order chi connectivity index (χ0) is 15.6. The van der Waals surface area contributed by atoms with Crippen LogP contribution >= 0.6 is 0 Å². The highest BCUT2D eigenvalue weighted by atomic mass is 32.2. The van der Waals surface area contributed by atoms with Crippen molar-refractivity contribution >= 4 is 10.0 Å². The summed E-state index contributed by atoms with van der Waals surface area (Å²) in [5, 5.41) is 0. The lowest BCUT2D eigenvalue weighted by molar-refractivity contribution is 0.199. The molecule has 3 N–H and O–H groups in total. The van der Waals surface area contributed by atoms with Gasteiger partial charge < -0.3 is 10.6 Å². The van der Waals surface area contributed by atoms with Crippen LogP contribution in [0.5, 0.6) is 0 Å². The second-order valence-electron chi connectivity index (χ2n) is 5.82. The predicted molar refractivity (Wildman–Crippen MR) is 82.0 cm³/mol. The van der Waals surface area contributed by atoms with Crippen LogP contribution in [0.1, 0.15) is 25.0 Å². The Hall–Kier alpha value is -0.950. The van der Waals surface area contributed by atoms with Gasteiger partial charge in [0, 0.05) is 18.6 Å². The first kappa shape index (κ1) is 17.1. The first-order valence-corrected chi connectivity index (χ1v) is 8.05. The molecule has 0 unspecified atom stereocenters. The van der Waals surface area contributed by atoms with E-state index in [0.717, 1.165) is 11.1 Å². The Bertz CT molecular complexity index is 566. The van der Waals surface area contributed by atoms with Gasteiger partial charge in [0.1, 0.15) is 0 Å². The minimum atomic E-state index is -3.49. The van der Waals surface area contributed by atoms with Crippen molar-refractivity contribution in [3.63, 3.8) is 0 Å². The minimum Gasteiger partial charge on any atom is -0.326 e. The fourth-order valence-corrected chi connectivity index (χ4v) is 2.87. The summed E-state index contributed by atoms with van der Waals surface area (Å²) in [6.07, 6.45) is 0. The molecule has 0 aliphatic heterocycles. The molecule has 20 heavy (non-hydrogen) atoms. The summed E-state index contributed by atoms with van der Waals surface area (Å²) in [4.78, 5) is 2.26. The molecule has 0 amide bonds. The monoisotopic (exact) mass is 299 g/mol. The Kier molecular flexibility index (Phi) is 5.32. The number of hydrogen-bond acceptors (Lipinski definition) is 4. The lowest BCUT2D eigenvalue weighted by atomic mass is 10.1. The number of rotatable bonds is 6. The maximum atomic E-state index is 12.3. The molecule has 0 aliphatic carbocycles. The molecule has 0 radical (unpaired) electrons. The van der Waals surface area contributed by atoms with Crippen LogP contribution in [0.4, 0.5) is 0 Å². The van der Waals surface area contributed by atoms with E-state index in [4.69, 9.17) is 5.73 Å². The van der Waals surface area contributed by atoms with Crippen LogP contribution in [0.25, 0.3) is 0 Å². The molecule has 6 heteroatoms. The van der Waals surface area contributed by atoms with Crippen LogP contribution in [0.3, 0.4) is 0 Å². The summed E-state index contributed by atoms with van der Waals surface area (Å²) >= 11 is 0. The molecule has 0 fully saturated rings. The fraction of sp³-hybridized carbons (Fsp3) is 0.571. The average molecular weight is 299 g/mol. The lowest BCUT2D eigenvalue weighted by Crippen LogP contribution is -2.48. The Morgan fingerprint density at radius 1 is 1.30 bits per heavy atom. The van der Waals surface area contributed by atoms with Crippen LogP contribution in [0.15, 0.2) is 23.1 Å². The molecule has 5 nitrogen and oxygen atoms in total. The van der Waals surface area contributed by atoms with Crippen LogP contribution in [0.2, 0.25) is 0 Å². The van der Waals surface area contributed by atoms with Crippen molar-refractivity contribution in [1.82, 2.24) is 9.62 Å². The van der Waals surface area contributed by atoms with E-state index in [9.17, 15) is 8.42 Å². The highest BCUT2D eigenvalue weighted by Crippen LogP contribution is 2.16. The Morgan fingerprint density at radius 3 is 2.35 bits per heavy atom. The smallest absolute Gasteiger partial charge is 0.240 e. The van der Waals surface area contributed by atoms with Crippen LogP contribution < -0.4 is 10.5 Å². The average Bonchev–Trinajstić information content (AvgIpc) is 2.36. The molecule has 0 bridgehead atoms. The summed E-state index contributed by atoms with van der Waals surface area (Å²) in [5.41, 5.74) is 7.18. The molecule has 0 saturated carbocycles. The van der Waals surface area contributed by atoms with Gasteiger partial charge in [0.05, 0.1) is 4.90 Å². The summed E-state index contributed by atoms with van der Waals surface area (Å²) in [6.45, 7) is 6.59. The van der Waals surface area contributed by atoms with Gasteiger partial charge in [-0.3, -0.25) is 0 Å². The summed E-state index contributed by atoms with van der Waals surface area (Å²) in [6, 6.07) is 5.02. The third-order valence-electron chi connectivity index (χ3n) is 3.75. The summed E-state index contributed by atoms with van der Waals surface area (Å²) in [7, 11) is 0.358. The van der Waals surface area contributed by atoms with Crippen molar-refractivity contribution < 1.29 is 8.42 Å². The molecule has 1 aromatic carbocycles. The van der Waals surface area contributed by atoms with Crippen molar-refractivity contribution in [3.8, 4) is 0 Å². The molecule has 1 aromatic rings. The van der Waals surface area contributed by atoms with E-state index in [1.165, 1.54) is 0 Å². The topological polar surface area (TPSA) is 75.4 Å². The first-order valence-electron chi connectivity index (χ1n) is 6.57. The summed E-state index contributed by atoms with van der Waals surface area (Å²) in [5.74, 6) is 0. The van der Waals surface area contributed by atoms with E-state index in [2.05, 4.69) is 4.72 Å². The molecular weight excluding hydrogens is 274 g/mol. The molecule has 0 aromatic heterocycles. The normalized spacial score (nSPS) is 12.9. The molecule has 0 aliphatic rings. The van der Waals surface area contributed by atoms with E-state index >= 15 is 0 Å². The number of nitrogens with one attached hydrogen (secondary N) is 1. The zero-order valence-corrected chi connectivity index (χ0v) is 13.7. The molecule has 1 rings (SSSR count). The van der Waals surface area contributed by atoms with Gasteiger partial charge >= 0.3 is 0 Å². The Morgan fingerprint density at radius 2 is 1.90 bits per heavy atom. The van der Waals surface area contributed by atoms with E-state index in [1.807, 2.05) is 39.8 Å². The number of benzene rings is 1. The van der Waals surface area contributed by atoms with Crippen LogP contribution in [0, 0.1) is 6.92 Å². The second-order valence-corrected chi connectivity index (χ2v) is 7.59. The molecule has 0 spiro atoms. The number of likely N-dealkylation sites (N-methyl/N-ethyl adjacent to an activating group) is 1. The standard InChI is InChI=1S/C14H25N3O2S/c1-11-8-13(7-6-12(11)9-15)20(18,19)16-10-14(2,3)17(4)5/h6-8,16H,9-10,15H2,1-5H3. The van der Waals surface area contributed by atoms with Gasteiger partial charge in [-0.05, 0) is 58.1 Å². The molecule has 0 saturated heterocycles. The Balaban J connectivity index is 2.92. The first-order chi connectivity index (χ1) is 9.10. The number of aryl methyl sites for hydroxylation is 1. The van der Waals surface area contributed by atoms with Crippen molar-refractivity contribution in [1.29, 1.82) is 0 Å². The molecule has 114 valence electrons. The van der Waals surface area contributed by atoms with Crippen molar-refractivity contribution in [2.45, 2.75) is 37.8 Å². The minimum absolute atomic E-state index is 0.251. The van der Waals surface area contributed by atoms with Gasteiger partial charge in [0.15, 0.2) is 0 Å². The summed E-state index contributed by atoms with van der Waals surface area (Å²) < 4.78 is 27.2. The third kappa shape index (κ3) is 4.02. The Labute approximate surface area is 122 Å². The maximum Gasteiger partial charge on any atom is 0.240 e. The van der Waals surface area contributed by atoms with Crippen LogP contribution in [-0.4, -0.2) is 39.5 Å². The SMILES string of the molecule is Cc1cc(S(=O)(=O)NCC(C)(C)N(C)C)ccc1CN. The molecule has 0 atom stereocenters. The highest BCUT2D eigenvalue weighted by Gasteiger charge is 2.24. The number of nitrogens with two attached hydrogens (primary N) is 1.